The average Bonchev–Trinajstić information content (AvgIpc) is 2.70. The summed E-state index contributed by atoms with van der Waals surface area (Å²) in [5.41, 5.74) is 8.93. The number of aliphatic imine (C=N–C) groups is 1. The van der Waals surface area contributed by atoms with Gasteiger partial charge in [0, 0.05) is 13.1 Å². The van der Waals surface area contributed by atoms with Crippen LogP contribution in [0.5, 0.6) is 5.75 Å². The maximum atomic E-state index is 10.9. The van der Waals surface area contributed by atoms with Crippen molar-refractivity contribution in [2.24, 2.45) is 10.7 Å². The van der Waals surface area contributed by atoms with Gasteiger partial charge in [-0.05, 0) is 47.6 Å². The number of amides is 1. The van der Waals surface area contributed by atoms with Crippen molar-refractivity contribution < 1.29 is 9.53 Å². The van der Waals surface area contributed by atoms with Crippen molar-refractivity contribution in [3.63, 3.8) is 0 Å². The number of nitrogens with one attached hydrogen (secondary N) is 2. The Balaban J connectivity index is 0.00000480. The number of carbonyl (C=O) groups is 1. The fourth-order valence-corrected chi connectivity index (χ4v) is 2.90. The SMILES string of the molecule is CCNC(=NCc1cccc(OCC(N)=O)c1)NCCc1ccc(C(C)(C)C)cc1.I. The number of guanidine groups is 1. The lowest BCUT2D eigenvalue weighted by molar-refractivity contribution is -0.119. The molecule has 0 bridgehead atoms. The molecular weight excluding hydrogens is 503 g/mol. The predicted octanol–water partition coefficient (Wildman–Crippen LogP) is 3.76. The van der Waals surface area contributed by atoms with Crippen molar-refractivity contribution in [2.45, 2.75) is 46.1 Å². The molecule has 31 heavy (non-hydrogen) atoms. The van der Waals surface area contributed by atoms with Crippen molar-refractivity contribution >= 4 is 35.8 Å². The van der Waals surface area contributed by atoms with Crippen LogP contribution in [0.15, 0.2) is 53.5 Å². The Morgan fingerprint density at radius 2 is 1.77 bits per heavy atom. The molecule has 2 aromatic rings. The number of halogens is 1. The molecule has 0 atom stereocenters. The Kier molecular flexibility index (Phi) is 11.4. The van der Waals surface area contributed by atoms with E-state index in [1.54, 1.807) is 6.07 Å². The van der Waals surface area contributed by atoms with Crippen LogP contribution < -0.4 is 21.1 Å². The van der Waals surface area contributed by atoms with Crippen LogP contribution in [0.3, 0.4) is 0 Å². The fraction of sp³-hybridized carbons (Fsp3) is 0.417. The van der Waals surface area contributed by atoms with Gasteiger partial charge in [-0.3, -0.25) is 4.79 Å². The van der Waals surface area contributed by atoms with E-state index in [0.717, 1.165) is 31.0 Å². The molecule has 2 aromatic carbocycles. The van der Waals surface area contributed by atoms with Crippen molar-refractivity contribution in [3.8, 4) is 5.75 Å². The molecule has 7 heteroatoms. The minimum atomic E-state index is -0.495. The van der Waals surface area contributed by atoms with Gasteiger partial charge in [-0.2, -0.15) is 0 Å². The predicted molar refractivity (Wildman–Crippen MR) is 138 cm³/mol. The standard InChI is InChI=1S/C24H34N4O2.HI/c1-5-26-23(27-14-13-18-9-11-20(12-10-18)24(2,3)4)28-16-19-7-6-8-21(15-19)30-17-22(25)29;/h6-12,15H,5,13-14,16-17H2,1-4H3,(H2,25,29)(H2,26,27,28);1H. The Morgan fingerprint density at radius 1 is 1.06 bits per heavy atom. The zero-order valence-electron chi connectivity index (χ0n) is 18.9. The van der Waals surface area contributed by atoms with Gasteiger partial charge in [0.1, 0.15) is 5.75 Å². The maximum absolute atomic E-state index is 10.9. The summed E-state index contributed by atoms with van der Waals surface area (Å²) in [5, 5.41) is 6.65. The zero-order valence-corrected chi connectivity index (χ0v) is 21.2. The summed E-state index contributed by atoms with van der Waals surface area (Å²) >= 11 is 0. The number of primary amides is 1. The fourth-order valence-electron chi connectivity index (χ4n) is 2.90. The van der Waals surface area contributed by atoms with Crippen LogP contribution in [0.1, 0.15) is 44.4 Å². The van der Waals surface area contributed by atoms with E-state index in [0.29, 0.717) is 12.3 Å². The highest BCUT2D eigenvalue weighted by molar-refractivity contribution is 14.0. The highest BCUT2D eigenvalue weighted by Crippen LogP contribution is 2.22. The lowest BCUT2D eigenvalue weighted by Crippen LogP contribution is -2.38. The van der Waals surface area contributed by atoms with Crippen LogP contribution in [-0.2, 0) is 23.2 Å². The normalized spacial score (nSPS) is 11.4. The van der Waals surface area contributed by atoms with Gasteiger partial charge in [0.2, 0.25) is 0 Å². The molecule has 0 unspecified atom stereocenters. The number of benzene rings is 2. The molecule has 6 nitrogen and oxygen atoms in total. The molecule has 0 aliphatic heterocycles. The Labute approximate surface area is 203 Å². The van der Waals surface area contributed by atoms with E-state index in [4.69, 9.17) is 10.5 Å². The summed E-state index contributed by atoms with van der Waals surface area (Å²) in [7, 11) is 0. The van der Waals surface area contributed by atoms with Gasteiger partial charge in [-0.15, -0.1) is 24.0 Å². The summed E-state index contributed by atoms with van der Waals surface area (Å²) < 4.78 is 5.35. The molecule has 4 N–H and O–H groups in total. The lowest BCUT2D eigenvalue weighted by atomic mass is 9.86. The van der Waals surface area contributed by atoms with Gasteiger partial charge in [0.05, 0.1) is 6.54 Å². The van der Waals surface area contributed by atoms with Crippen molar-refractivity contribution in [1.29, 1.82) is 0 Å². The lowest BCUT2D eigenvalue weighted by Gasteiger charge is -2.19. The number of ether oxygens (including phenoxy) is 1. The third-order valence-corrected chi connectivity index (χ3v) is 4.57. The molecule has 1 amide bonds. The van der Waals surface area contributed by atoms with Crippen molar-refractivity contribution in [3.05, 3.63) is 65.2 Å². The number of carbonyl (C=O) groups excluding carboxylic acids is 1. The van der Waals surface area contributed by atoms with E-state index in [9.17, 15) is 4.79 Å². The van der Waals surface area contributed by atoms with Gasteiger partial charge in [-0.25, -0.2) is 4.99 Å². The summed E-state index contributed by atoms with van der Waals surface area (Å²) in [6.45, 7) is 10.7. The average molecular weight is 538 g/mol. The molecule has 0 aromatic heterocycles. The van der Waals surface area contributed by atoms with Crippen LogP contribution >= 0.6 is 24.0 Å². The Bertz CT molecular complexity index is 845. The molecule has 2 rings (SSSR count). The van der Waals surface area contributed by atoms with Crippen LogP contribution in [-0.4, -0.2) is 31.6 Å². The second kappa shape index (κ2) is 13.2. The molecule has 0 radical (unpaired) electrons. The van der Waals surface area contributed by atoms with E-state index in [1.807, 2.05) is 25.1 Å². The topological polar surface area (TPSA) is 88.7 Å². The summed E-state index contributed by atoms with van der Waals surface area (Å²) in [4.78, 5) is 15.5. The van der Waals surface area contributed by atoms with E-state index in [1.165, 1.54) is 11.1 Å². The largest absolute Gasteiger partial charge is 0.484 e. The number of rotatable bonds is 9. The molecule has 0 saturated heterocycles. The first-order valence-corrected chi connectivity index (χ1v) is 10.4. The third kappa shape index (κ3) is 10.0. The molecule has 170 valence electrons. The molecular formula is C24H35IN4O2. The van der Waals surface area contributed by atoms with Crippen LogP contribution in [0, 0.1) is 0 Å². The van der Waals surface area contributed by atoms with Gasteiger partial charge >= 0.3 is 0 Å². The minimum absolute atomic E-state index is 0. The van der Waals surface area contributed by atoms with Gasteiger partial charge in [0.25, 0.3) is 5.91 Å². The molecule has 0 saturated carbocycles. The van der Waals surface area contributed by atoms with E-state index < -0.39 is 5.91 Å². The summed E-state index contributed by atoms with van der Waals surface area (Å²) in [6, 6.07) is 16.3. The highest BCUT2D eigenvalue weighted by Gasteiger charge is 2.12. The monoisotopic (exact) mass is 538 g/mol. The quantitative estimate of drug-likeness (QED) is 0.258. The highest BCUT2D eigenvalue weighted by atomic mass is 127. The summed E-state index contributed by atoms with van der Waals surface area (Å²) in [5.74, 6) is 0.885. The maximum Gasteiger partial charge on any atom is 0.255 e. The van der Waals surface area contributed by atoms with E-state index >= 15 is 0 Å². The Hall–Kier alpha value is -2.29. The first-order valence-electron chi connectivity index (χ1n) is 10.4. The van der Waals surface area contributed by atoms with Gasteiger partial charge in [0.15, 0.2) is 12.6 Å². The second-order valence-corrected chi connectivity index (χ2v) is 8.22. The van der Waals surface area contributed by atoms with Gasteiger partial charge in [-0.1, -0.05) is 57.2 Å². The van der Waals surface area contributed by atoms with Crippen molar-refractivity contribution in [1.82, 2.24) is 10.6 Å². The van der Waals surface area contributed by atoms with E-state index in [2.05, 4.69) is 60.7 Å². The Morgan fingerprint density at radius 3 is 2.39 bits per heavy atom. The molecule has 0 aliphatic carbocycles. The smallest absolute Gasteiger partial charge is 0.255 e. The number of hydrogen-bond donors (Lipinski definition) is 3. The minimum Gasteiger partial charge on any atom is -0.484 e. The van der Waals surface area contributed by atoms with Gasteiger partial charge < -0.3 is 21.1 Å². The molecule has 0 aliphatic rings. The van der Waals surface area contributed by atoms with Crippen LogP contribution in [0.4, 0.5) is 0 Å². The zero-order chi connectivity index (χ0) is 22.0. The van der Waals surface area contributed by atoms with Crippen LogP contribution in [0.2, 0.25) is 0 Å². The molecule has 0 fully saturated rings. The van der Waals surface area contributed by atoms with Crippen LogP contribution in [0.25, 0.3) is 0 Å². The van der Waals surface area contributed by atoms with E-state index in [-0.39, 0.29) is 36.0 Å². The number of hydrogen-bond acceptors (Lipinski definition) is 3. The first-order chi connectivity index (χ1) is 14.3. The second-order valence-electron chi connectivity index (χ2n) is 8.22. The number of nitrogens with zero attached hydrogens (tertiary/aromatic N) is 1. The van der Waals surface area contributed by atoms with Crippen molar-refractivity contribution in [2.75, 3.05) is 19.7 Å². The third-order valence-electron chi connectivity index (χ3n) is 4.57. The molecule has 0 heterocycles. The summed E-state index contributed by atoms with van der Waals surface area (Å²) in [6.07, 6.45) is 0.922. The number of nitrogens with two attached hydrogens (primary N) is 1. The first kappa shape index (κ1) is 26.7. The molecule has 0 spiro atoms.